The molecule has 0 N–H and O–H groups in total. The molecule has 0 aliphatic rings. The van der Waals surface area contributed by atoms with Gasteiger partial charge in [0, 0.05) is 17.1 Å². The molecule has 90 valence electrons. The van der Waals surface area contributed by atoms with Crippen molar-refractivity contribution in [1.82, 2.24) is 9.97 Å². The smallest absolute Gasteiger partial charge is 0.227 e. The molecule has 2 aromatic heterocycles. The van der Waals surface area contributed by atoms with Gasteiger partial charge in [0.25, 0.3) is 0 Å². The number of aromatic nitrogens is 2. The van der Waals surface area contributed by atoms with Crippen molar-refractivity contribution in [1.29, 1.82) is 0 Å². The van der Waals surface area contributed by atoms with Crippen LogP contribution in [-0.2, 0) is 0 Å². The number of rotatable bonds is 1. The average molecular weight is 246 g/mol. The largest absolute Gasteiger partial charge is 0.434 e. The minimum absolute atomic E-state index is 0.633. The Morgan fingerprint density at radius 2 is 1.74 bits per heavy atom. The Kier molecular flexibility index (Phi) is 2.12. The maximum Gasteiger partial charge on any atom is 0.227 e. The van der Waals surface area contributed by atoms with Crippen LogP contribution in [0, 0.1) is 0 Å². The monoisotopic (exact) mass is 246 g/mol. The van der Waals surface area contributed by atoms with E-state index in [4.69, 9.17) is 4.42 Å². The number of fused-ring (bicyclic) bond motifs is 3. The molecular formula is C16H10N2O. The van der Waals surface area contributed by atoms with Gasteiger partial charge in [-0.2, -0.15) is 0 Å². The van der Waals surface area contributed by atoms with Gasteiger partial charge in [-0.3, -0.25) is 4.98 Å². The van der Waals surface area contributed by atoms with Gasteiger partial charge in [0.15, 0.2) is 5.58 Å². The van der Waals surface area contributed by atoms with Gasteiger partial charge in [-0.05, 0) is 24.3 Å². The van der Waals surface area contributed by atoms with Crippen LogP contribution in [0.4, 0.5) is 0 Å². The highest BCUT2D eigenvalue weighted by Gasteiger charge is 2.11. The van der Waals surface area contributed by atoms with Crippen molar-refractivity contribution >= 4 is 22.0 Å². The fourth-order valence-electron chi connectivity index (χ4n) is 2.23. The van der Waals surface area contributed by atoms with E-state index >= 15 is 0 Å². The predicted octanol–water partition coefficient (Wildman–Crippen LogP) is 4.04. The van der Waals surface area contributed by atoms with Gasteiger partial charge < -0.3 is 4.42 Å². The van der Waals surface area contributed by atoms with Crippen LogP contribution in [0.15, 0.2) is 65.2 Å². The Labute approximate surface area is 109 Å². The van der Waals surface area contributed by atoms with E-state index in [0.717, 1.165) is 27.6 Å². The van der Waals surface area contributed by atoms with Gasteiger partial charge in [-0.15, -0.1) is 0 Å². The molecule has 0 spiro atoms. The van der Waals surface area contributed by atoms with E-state index in [1.165, 1.54) is 0 Å². The zero-order valence-corrected chi connectivity index (χ0v) is 10.1. The zero-order valence-electron chi connectivity index (χ0n) is 10.1. The molecule has 4 aromatic rings. The molecule has 2 heterocycles. The summed E-state index contributed by atoms with van der Waals surface area (Å²) in [6, 6.07) is 17.8. The molecule has 3 heteroatoms. The summed E-state index contributed by atoms with van der Waals surface area (Å²) >= 11 is 0. The molecule has 0 atom stereocenters. The predicted molar refractivity (Wildman–Crippen MR) is 74.7 cm³/mol. The lowest BCUT2D eigenvalue weighted by Gasteiger charge is -1.95. The van der Waals surface area contributed by atoms with Gasteiger partial charge in [-0.25, -0.2) is 4.98 Å². The van der Waals surface area contributed by atoms with Crippen molar-refractivity contribution in [2.75, 3.05) is 0 Å². The summed E-state index contributed by atoms with van der Waals surface area (Å²) in [6.07, 6.45) is 1.77. The Hall–Kier alpha value is -2.68. The summed E-state index contributed by atoms with van der Waals surface area (Å²) in [5, 5.41) is 1.06. The van der Waals surface area contributed by atoms with Crippen molar-refractivity contribution in [3.05, 3.63) is 60.8 Å². The standard InChI is InChI=1S/C16H10N2O/c1-2-5-12(6-3-1)16-18-13-9-8-11-7-4-10-17-14(11)15(13)19-16/h1-10H. The number of hydrogen-bond donors (Lipinski definition) is 0. The van der Waals surface area contributed by atoms with Crippen LogP contribution >= 0.6 is 0 Å². The Bertz CT molecular complexity index is 866. The lowest BCUT2D eigenvalue weighted by molar-refractivity contribution is 0.622. The van der Waals surface area contributed by atoms with E-state index in [9.17, 15) is 0 Å². The SMILES string of the molecule is c1ccc(-c2nc3ccc4cccnc4c3o2)cc1. The highest BCUT2D eigenvalue weighted by Crippen LogP contribution is 2.28. The van der Waals surface area contributed by atoms with Gasteiger partial charge in [0.05, 0.1) is 0 Å². The molecule has 0 radical (unpaired) electrons. The molecule has 0 saturated heterocycles. The molecule has 0 fully saturated rings. The lowest BCUT2D eigenvalue weighted by Crippen LogP contribution is -1.77. The van der Waals surface area contributed by atoms with Crippen LogP contribution in [0.3, 0.4) is 0 Å². The Morgan fingerprint density at radius 3 is 2.63 bits per heavy atom. The second kappa shape index (κ2) is 3.92. The average Bonchev–Trinajstić information content (AvgIpc) is 2.93. The van der Waals surface area contributed by atoms with Crippen LogP contribution < -0.4 is 0 Å². The number of hydrogen-bond acceptors (Lipinski definition) is 3. The van der Waals surface area contributed by atoms with Gasteiger partial charge in [0.1, 0.15) is 11.0 Å². The normalized spacial score (nSPS) is 11.2. The van der Waals surface area contributed by atoms with E-state index in [-0.39, 0.29) is 0 Å². The van der Waals surface area contributed by atoms with Crippen LogP contribution in [0.2, 0.25) is 0 Å². The van der Waals surface area contributed by atoms with E-state index in [1.54, 1.807) is 6.20 Å². The van der Waals surface area contributed by atoms with Crippen molar-refractivity contribution in [2.45, 2.75) is 0 Å². The topological polar surface area (TPSA) is 38.9 Å². The molecule has 2 aromatic carbocycles. The molecule has 0 unspecified atom stereocenters. The van der Waals surface area contributed by atoms with E-state index in [2.05, 4.69) is 9.97 Å². The zero-order chi connectivity index (χ0) is 12.7. The van der Waals surface area contributed by atoms with Crippen molar-refractivity contribution < 1.29 is 4.42 Å². The fourth-order valence-corrected chi connectivity index (χ4v) is 2.23. The summed E-state index contributed by atoms with van der Waals surface area (Å²) in [5.41, 5.74) is 3.42. The number of oxazole rings is 1. The first-order valence-corrected chi connectivity index (χ1v) is 6.11. The van der Waals surface area contributed by atoms with Gasteiger partial charge in [0.2, 0.25) is 5.89 Å². The van der Waals surface area contributed by atoms with Crippen molar-refractivity contribution in [3.63, 3.8) is 0 Å². The molecule has 0 saturated carbocycles. The van der Waals surface area contributed by atoms with Crippen LogP contribution in [0.25, 0.3) is 33.5 Å². The van der Waals surface area contributed by atoms with Crippen LogP contribution in [-0.4, -0.2) is 9.97 Å². The summed E-state index contributed by atoms with van der Waals surface area (Å²) in [7, 11) is 0. The second-order valence-corrected chi connectivity index (χ2v) is 4.37. The van der Waals surface area contributed by atoms with Crippen LogP contribution in [0.5, 0.6) is 0 Å². The first-order valence-electron chi connectivity index (χ1n) is 6.11. The molecule has 4 rings (SSSR count). The molecule has 0 aliphatic heterocycles. The summed E-state index contributed by atoms with van der Waals surface area (Å²) in [4.78, 5) is 8.91. The Balaban J connectivity index is 2.04. The Morgan fingerprint density at radius 1 is 0.842 bits per heavy atom. The molecule has 0 aliphatic carbocycles. The third kappa shape index (κ3) is 1.59. The minimum Gasteiger partial charge on any atom is -0.434 e. The minimum atomic E-state index is 0.633. The third-order valence-corrected chi connectivity index (χ3v) is 3.15. The van der Waals surface area contributed by atoms with Gasteiger partial charge in [-0.1, -0.05) is 30.3 Å². The van der Waals surface area contributed by atoms with E-state index in [1.807, 2.05) is 54.6 Å². The molecule has 3 nitrogen and oxygen atoms in total. The highest BCUT2D eigenvalue weighted by atomic mass is 16.3. The molecule has 0 bridgehead atoms. The van der Waals surface area contributed by atoms with E-state index in [0.29, 0.717) is 5.89 Å². The quantitative estimate of drug-likeness (QED) is 0.508. The fraction of sp³-hybridized carbons (Fsp3) is 0. The van der Waals surface area contributed by atoms with Crippen LogP contribution in [0.1, 0.15) is 0 Å². The number of pyridine rings is 1. The molecular weight excluding hydrogens is 236 g/mol. The molecule has 19 heavy (non-hydrogen) atoms. The first-order chi connectivity index (χ1) is 9.42. The van der Waals surface area contributed by atoms with Crippen molar-refractivity contribution in [3.8, 4) is 11.5 Å². The van der Waals surface area contributed by atoms with Gasteiger partial charge >= 0.3 is 0 Å². The summed E-state index contributed by atoms with van der Waals surface area (Å²) in [6.45, 7) is 0. The maximum atomic E-state index is 5.89. The molecule has 0 amide bonds. The second-order valence-electron chi connectivity index (χ2n) is 4.37. The summed E-state index contributed by atoms with van der Waals surface area (Å²) in [5.74, 6) is 0.633. The number of benzene rings is 2. The lowest BCUT2D eigenvalue weighted by atomic mass is 10.2. The third-order valence-electron chi connectivity index (χ3n) is 3.15. The summed E-state index contributed by atoms with van der Waals surface area (Å²) < 4.78 is 5.89. The highest BCUT2D eigenvalue weighted by molar-refractivity contribution is 6.00. The van der Waals surface area contributed by atoms with E-state index < -0.39 is 0 Å². The number of nitrogens with zero attached hydrogens (tertiary/aromatic N) is 2. The first kappa shape index (κ1) is 10.3. The van der Waals surface area contributed by atoms with Crippen molar-refractivity contribution in [2.24, 2.45) is 0 Å². The maximum absolute atomic E-state index is 5.89.